The zero-order valence-electron chi connectivity index (χ0n) is 57.1. The van der Waals surface area contributed by atoms with Gasteiger partial charge in [-0.2, -0.15) is 4.73 Å². The number of allylic oxidation sites excluding steroid dienone is 1. The number of nitrogens with one attached hydrogen (secondary N) is 6. The summed E-state index contributed by atoms with van der Waals surface area (Å²) in [7, 11) is 4.83. The standard InChI is InChI=1S/C66H69N15O19S5/c1-10-11-15-68-65(92)100-81-39-14-12-13-30-18-96-64(91)50(99-41-17-66(6,93)51(80(7)8)29(5)98-41)49-47-62-75-36(24-105-62)54(86)70-33(20-97-63(90)48(81)32(19-95-49)42(30)39)59-71-34(21-102-59)45-31(16-40(83)46(76-45)61-74-35(23-104-61)53(85)69-26(2)52(67)84)58-72-37(22-101-58)55(87)77-43(27(3)82)57(89)78-44(28(4)94-9)60-73-38(25-103-60)56(88)79-47/h12-14,16,21-25,27,29,33,41,43,47,49-51,82-83,93H,2,10-11,15,17-20H2,1,3-9H3,(H2,67,84)(H,68,92)(H,69,85)(H,70,86)(H,77,87)(H,78,89)(H,79,88)/b44-28+. The fourth-order valence-electron chi connectivity index (χ4n) is 12.3. The number of aliphatic hydroxyl groups excluding tert-OH is 1. The highest BCUT2D eigenvalue weighted by Crippen LogP contribution is 2.43. The molecule has 0 saturated carbocycles. The number of benzene rings is 1. The van der Waals surface area contributed by atoms with Gasteiger partial charge in [0.05, 0.1) is 48.8 Å². The molecule has 7 amide bonds. The molecule has 10 unspecified atom stereocenters. The Labute approximate surface area is 616 Å². The SMILES string of the molecule is C=C(NC(=O)c1csc(-c2nc3c(cc2O)-c2nc(cs2)C(=O)NC(C(C)O)C(=O)N/C(=C(\C)OC)c2nc(cs2)C(=O)NC2c4nc(cs4)C(=O)NC(COC(=O)c4c5c6c(cccc6n4OC(=O)NCCCC)COC(=O)C(OC4CC(C)(O)C(N(C)C)C(C)O4)C2OC5)c2nc-3cs2)n1)C(N)=O. The normalized spacial score (nSPS) is 23.1. The van der Waals surface area contributed by atoms with E-state index < -0.39 is 151 Å². The van der Waals surface area contributed by atoms with Gasteiger partial charge in [0.15, 0.2) is 18.1 Å². The zero-order valence-corrected chi connectivity index (χ0v) is 61.2. The molecular weight excluding hydrogens is 1470 g/mol. The van der Waals surface area contributed by atoms with Crippen LogP contribution in [0, 0.1) is 0 Å². The molecule has 105 heavy (non-hydrogen) atoms. The number of pyridine rings is 1. The Morgan fingerprint density at radius 2 is 1.54 bits per heavy atom. The van der Waals surface area contributed by atoms with Crippen LogP contribution in [-0.2, 0) is 56.0 Å². The van der Waals surface area contributed by atoms with Crippen molar-refractivity contribution >= 4 is 127 Å². The number of carbonyl (C=O) groups excluding carboxylic acids is 9. The number of rotatable bonds is 13. The van der Waals surface area contributed by atoms with Crippen LogP contribution >= 0.6 is 56.7 Å². The molecule has 7 aromatic heterocycles. The third-order valence-corrected chi connectivity index (χ3v) is 21.7. The van der Waals surface area contributed by atoms with E-state index in [1.165, 1.54) is 60.0 Å². The monoisotopic (exact) mass is 1540 g/mol. The van der Waals surface area contributed by atoms with Gasteiger partial charge in [-0.05, 0) is 65.9 Å². The molecule has 552 valence electrons. The van der Waals surface area contributed by atoms with Crippen LogP contribution < -0.4 is 42.5 Å². The number of unbranched alkanes of at least 4 members (excludes halogenated alkanes) is 1. The van der Waals surface area contributed by atoms with Gasteiger partial charge >= 0.3 is 18.0 Å². The van der Waals surface area contributed by atoms with Crippen LogP contribution in [0.15, 0.2) is 69.2 Å². The maximum Gasteiger partial charge on any atom is 0.431 e. The number of fused-ring (bicyclic) bond motifs is 15. The average molecular weight is 1540 g/mol. The quantitative estimate of drug-likeness (QED) is 0.0326. The van der Waals surface area contributed by atoms with Crippen molar-refractivity contribution in [3.05, 3.63) is 124 Å². The number of esters is 2. The topological polar surface area (TPSA) is 463 Å². The Kier molecular flexibility index (Phi) is 22.0. The van der Waals surface area contributed by atoms with Gasteiger partial charge < -0.3 is 91.1 Å². The number of aromatic nitrogens is 7. The molecule has 11 heterocycles. The zero-order chi connectivity index (χ0) is 75.0. The lowest BCUT2D eigenvalue weighted by Gasteiger charge is -2.48. The fourth-order valence-corrected chi connectivity index (χ4v) is 16.5. The fraction of sp³-hybridized carbons (Fsp3) is 0.379. The molecule has 10 atom stereocenters. The van der Waals surface area contributed by atoms with Crippen LogP contribution in [0.4, 0.5) is 4.79 Å². The highest BCUT2D eigenvalue weighted by Gasteiger charge is 2.50. The Hall–Kier alpha value is -10.1. The van der Waals surface area contributed by atoms with E-state index in [1.807, 2.05) is 6.92 Å². The first kappa shape index (κ1) is 74.6. The van der Waals surface area contributed by atoms with Crippen LogP contribution in [0.1, 0.15) is 145 Å². The van der Waals surface area contributed by atoms with Crippen molar-refractivity contribution in [1.29, 1.82) is 0 Å². The van der Waals surface area contributed by atoms with E-state index in [-0.39, 0.29) is 117 Å². The van der Waals surface area contributed by atoms with E-state index >= 15 is 19.2 Å². The Morgan fingerprint density at radius 3 is 2.26 bits per heavy atom. The minimum atomic E-state index is -1.96. The second-order valence-corrected chi connectivity index (χ2v) is 29.3. The van der Waals surface area contributed by atoms with Gasteiger partial charge in [-0.3, -0.25) is 28.8 Å². The summed E-state index contributed by atoms with van der Waals surface area (Å²) in [6.45, 7) is 9.65. The van der Waals surface area contributed by atoms with Crippen molar-refractivity contribution in [2.75, 3.05) is 34.4 Å². The Balaban J connectivity index is 1.07. The second kappa shape index (κ2) is 30.9. The summed E-state index contributed by atoms with van der Waals surface area (Å²) in [5.74, 6) is -8.40. The molecule has 12 rings (SSSR count). The number of nitrogens with two attached hydrogens (primary N) is 1. The van der Waals surface area contributed by atoms with Gasteiger partial charge in [0, 0.05) is 56.4 Å². The molecule has 1 fully saturated rings. The van der Waals surface area contributed by atoms with Gasteiger partial charge in [0.2, 0.25) is 5.91 Å². The largest absolute Gasteiger partial charge is 0.506 e. The molecule has 4 aliphatic rings. The minimum Gasteiger partial charge on any atom is -0.506 e. The number of thiazole rings is 5. The number of carbonyl (C=O) groups is 9. The van der Waals surface area contributed by atoms with E-state index in [9.17, 15) is 39.3 Å². The second-order valence-electron chi connectivity index (χ2n) is 25.0. The Bertz CT molecular complexity index is 4820. The highest BCUT2D eigenvalue weighted by atomic mass is 32.1. The third kappa shape index (κ3) is 15.6. The van der Waals surface area contributed by atoms with Crippen LogP contribution in [0.5, 0.6) is 5.75 Å². The number of aromatic hydroxyl groups is 1. The molecule has 4 aliphatic heterocycles. The van der Waals surface area contributed by atoms with E-state index in [0.717, 1.165) is 61.4 Å². The minimum absolute atomic E-state index is 0.00117. The Morgan fingerprint density at radius 1 is 0.867 bits per heavy atom. The molecule has 1 aromatic carbocycles. The summed E-state index contributed by atoms with van der Waals surface area (Å²) in [5.41, 5.74) is 1.91. The molecule has 1 saturated heterocycles. The van der Waals surface area contributed by atoms with Crippen LogP contribution in [0.3, 0.4) is 0 Å². The number of nitrogens with zero attached hydrogens (tertiary/aromatic N) is 8. The molecule has 39 heteroatoms. The summed E-state index contributed by atoms with van der Waals surface area (Å²) >= 11 is 4.42. The molecule has 0 aliphatic carbocycles. The number of amides is 7. The predicted octanol–water partition coefficient (Wildman–Crippen LogP) is 4.59. The number of methoxy groups -OCH3 is 1. The number of primary amides is 1. The lowest BCUT2D eigenvalue weighted by atomic mass is 9.85. The van der Waals surface area contributed by atoms with Crippen molar-refractivity contribution in [3.63, 3.8) is 0 Å². The van der Waals surface area contributed by atoms with Crippen LogP contribution in [0.2, 0.25) is 0 Å². The van der Waals surface area contributed by atoms with Crippen LogP contribution in [-0.4, -0.2) is 191 Å². The molecule has 34 nitrogen and oxygen atoms in total. The van der Waals surface area contributed by atoms with Crippen LogP contribution in [0.25, 0.3) is 49.3 Å². The van der Waals surface area contributed by atoms with Crippen molar-refractivity contribution < 1.29 is 91.7 Å². The maximum atomic E-state index is 15.6. The summed E-state index contributed by atoms with van der Waals surface area (Å²) in [5, 5.41) is 58.1. The molecule has 0 spiro atoms. The van der Waals surface area contributed by atoms with Crippen molar-refractivity contribution in [2.45, 2.75) is 128 Å². The van der Waals surface area contributed by atoms with E-state index in [1.54, 1.807) is 45.0 Å². The smallest absolute Gasteiger partial charge is 0.431 e. The number of aliphatic hydroxyl groups is 2. The van der Waals surface area contributed by atoms with E-state index in [2.05, 4.69) is 53.4 Å². The lowest BCUT2D eigenvalue weighted by molar-refractivity contribution is -0.280. The first-order valence-electron chi connectivity index (χ1n) is 32.4. The average Bonchev–Trinajstić information content (AvgIpc) is 1.58. The van der Waals surface area contributed by atoms with E-state index in [0.29, 0.717) is 12.8 Å². The van der Waals surface area contributed by atoms with Crippen molar-refractivity contribution in [3.8, 4) is 38.4 Å². The molecule has 12 bridgehead atoms. The molecular formula is C66H69N15O19S5. The van der Waals surface area contributed by atoms with Gasteiger partial charge in [-0.15, -0.1) is 56.7 Å². The number of hydrogen-bond acceptors (Lipinski definition) is 31. The predicted molar refractivity (Wildman–Crippen MR) is 378 cm³/mol. The third-order valence-electron chi connectivity index (χ3n) is 17.3. The van der Waals surface area contributed by atoms with Gasteiger partial charge in [0.25, 0.3) is 29.5 Å². The van der Waals surface area contributed by atoms with Gasteiger partial charge in [-0.25, -0.2) is 44.3 Å². The number of likely N-dealkylation sites (N-methyl/N-ethyl adjacent to an activating group) is 1. The van der Waals surface area contributed by atoms with Crippen molar-refractivity contribution in [2.24, 2.45) is 5.73 Å². The highest BCUT2D eigenvalue weighted by molar-refractivity contribution is 7.14. The summed E-state index contributed by atoms with van der Waals surface area (Å²) in [6.07, 6.45) is -7.48. The molecule has 8 aromatic rings. The number of ether oxygens (including phenoxy) is 6. The van der Waals surface area contributed by atoms with Gasteiger partial charge in [0.1, 0.15) is 120 Å². The first-order valence-corrected chi connectivity index (χ1v) is 36.8. The first-order chi connectivity index (χ1) is 50.1. The lowest BCUT2D eigenvalue weighted by Crippen LogP contribution is -2.62. The van der Waals surface area contributed by atoms with Gasteiger partial charge in [-0.1, -0.05) is 32.1 Å². The van der Waals surface area contributed by atoms with E-state index in [4.69, 9.17) is 53.9 Å². The summed E-state index contributed by atoms with van der Waals surface area (Å²) < 4.78 is 39.1. The number of hydrogen-bond donors (Lipinski definition) is 10. The molecule has 11 N–H and O–H groups in total. The summed E-state index contributed by atoms with van der Waals surface area (Å²) in [6, 6.07) is 0.566. The molecule has 0 radical (unpaired) electrons. The maximum absolute atomic E-state index is 15.6. The number of cyclic esters (lactones) is 2. The summed E-state index contributed by atoms with van der Waals surface area (Å²) in [4.78, 5) is 165. The van der Waals surface area contributed by atoms with Crippen molar-refractivity contribution in [1.82, 2.24) is 71.4 Å².